The number of benzene rings is 2. The van der Waals surface area contributed by atoms with Crippen molar-refractivity contribution in [1.82, 2.24) is 0 Å². The second-order valence-corrected chi connectivity index (χ2v) is 10.7. The maximum atomic E-state index is 13.2. The van der Waals surface area contributed by atoms with Gasteiger partial charge in [0.1, 0.15) is 12.4 Å². The van der Waals surface area contributed by atoms with Crippen molar-refractivity contribution in [2.75, 3.05) is 0 Å². The minimum atomic E-state index is -4.46. The molecule has 0 aromatic heterocycles. The van der Waals surface area contributed by atoms with Crippen LogP contribution in [0.25, 0.3) is 0 Å². The van der Waals surface area contributed by atoms with Crippen LogP contribution in [0.2, 0.25) is 0 Å². The Hall–Kier alpha value is -2.07. The number of ether oxygens (including phenoxy) is 1. The van der Waals surface area contributed by atoms with Crippen LogP contribution in [0.5, 0.6) is 5.75 Å². The van der Waals surface area contributed by atoms with Gasteiger partial charge in [0.25, 0.3) is 0 Å². The van der Waals surface area contributed by atoms with Crippen molar-refractivity contribution in [3.8, 4) is 5.75 Å². The van der Waals surface area contributed by atoms with Gasteiger partial charge in [-0.15, -0.1) is 0 Å². The van der Waals surface area contributed by atoms with Gasteiger partial charge in [-0.3, -0.25) is 0 Å². The van der Waals surface area contributed by atoms with Gasteiger partial charge in [-0.1, -0.05) is 30.3 Å². The smallest absolute Gasteiger partial charge is 0.489 e. The van der Waals surface area contributed by atoms with Gasteiger partial charge < -0.3 is 24.3 Å². The Morgan fingerprint density at radius 1 is 0.829 bits per heavy atom. The number of aliphatic hydroxyl groups is 2. The summed E-state index contributed by atoms with van der Waals surface area (Å²) in [4.78, 5) is 0. The van der Waals surface area contributed by atoms with E-state index < -0.39 is 41.3 Å². The predicted molar refractivity (Wildman–Crippen MR) is 131 cm³/mol. The fraction of sp³-hybridized carbons (Fsp3) is 0.538. The third kappa shape index (κ3) is 7.46. The zero-order valence-electron chi connectivity index (χ0n) is 21.7. The van der Waals surface area contributed by atoms with Crippen LogP contribution < -0.4 is 10.2 Å². The molecule has 0 bridgehead atoms. The summed E-state index contributed by atoms with van der Waals surface area (Å²) < 4.78 is 57.4. The summed E-state index contributed by atoms with van der Waals surface area (Å²) in [5, 5.41) is 18.2. The van der Waals surface area contributed by atoms with E-state index in [-0.39, 0.29) is 12.1 Å². The van der Waals surface area contributed by atoms with Crippen molar-refractivity contribution >= 4 is 12.6 Å². The molecule has 0 unspecified atom stereocenters. The average Bonchev–Trinajstić information content (AvgIpc) is 2.92. The third-order valence-corrected chi connectivity index (χ3v) is 6.58. The predicted octanol–water partition coefficient (Wildman–Crippen LogP) is 5.11. The topological polar surface area (TPSA) is 68.2 Å². The lowest BCUT2D eigenvalue weighted by atomic mass is 9.77. The second-order valence-electron chi connectivity index (χ2n) is 10.7. The molecular formula is C26H36BF3O5. The second kappa shape index (κ2) is 10.1. The quantitative estimate of drug-likeness (QED) is 0.564. The zero-order valence-corrected chi connectivity index (χ0v) is 21.7. The standard InChI is InChI=1S/C20H22BF3O3.C6H14O2/c1-18(2)19(3,4)27-21(26-18)16-12-15(20(22,23)24)10-11-17(16)25-13-14-8-6-5-7-9-14;1-5(2,7)6(3,4)8/h5-12H,13H2,1-4H3;7-8H,1-4H3. The van der Waals surface area contributed by atoms with Crippen molar-refractivity contribution in [1.29, 1.82) is 0 Å². The SMILES string of the molecule is CC(C)(O)C(C)(C)O.CC1(C)OB(c2cc(C(F)(F)F)ccc2OCc2ccccc2)OC1(C)C. The van der Waals surface area contributed by atoms with Gasteiger partial charge in [0.2, 0.25) is 0 Å². The van der Waals surface area contributed by atoms with Gasteiger partial charge in [0.05, 0.1) is 28.0 Å². The summed E-state index contributed by atoms with van der Waals surface area (Å²) in [5.74, 6) is 0.311. The molecule has 5 nitrogen and oxygen atoms in total. The molecule has 3 rings (SSSR count). The van der Waals surface area contributed by atoms with E-state index in [9.17, 15) is 13.2 Å². The van der Waals surface area contributed by atoms with E-state index in [4.69, 9.17) is 24.3 Å². The molecular weight excluding hydrogens is 460 g/mol. The van der Waals surface area contributed by atoms with E-state index in [1.807, 2.05) is 58.0 Å². The molecule has 1 aliphatic rings. The van der Waals surface area contributed by atoms with Crippen molar-refractivity contribution < 1.29 is 37.4 Å². The van der Waals surface area contributed by atoms with Gasteiger partial charge in [-0.25, -0.2) is 0 Å². The van der Waals surface area contributed by atoms with Crippen LogP contribution in [0.4, 0.5) is 13.2 Å². The van der Waals surface area contributed by atoms with Crippen LogP contribution in [0.3, 0.4) is 0 Å². The zero-order chi connectivity index (χ0) is 26.9. The van der Waals surface area contributed by atoms with Crippen LogP contribution in [0.15, 0.2) is 48.5 Å². The fourth-order valence-corrected chi connectivity index (χ4v) is 2.75. The first-order valence-corrected chi connectivity index (χ1v) is 11.4. The molecule has 1 saturated heterocycles. The van der Waals surface area contributed by atoms with E-state index in [0.29, 0.717) is 5.75 Å². The Balaban J connectivity index is 0.000000466. The lowest BCUT2D eigenvalue weighted by Crippen LogP contribution is -2.44. The highest BCUT2D eigenvalue weighted by Gasteiger charge is 2.53. The molecule has 0 saturated carbocycles. The van der Waals surface area contributed by atoms with E-state index >= 15 is 0 Å². The number of halogens is 3. The molecule has 2 N–H and O–H groups in total. The highest BCUT2D eigenvalue weighted by atomic mass is 19.4. The van der Waals surface area contributed by atoms with Crippen LogP contribution in [-0.2, 0) is 22.1 Å². The summed E-state index contributed by atoms with van der Waals surface area (Å²) >= 11 is 0. The maximum Gasteiger partial charge on any atom is 0.498 e. The summed E-state index contributed by atoms with van der Waals surface area (Å²) in [7, 11) is -0.942. The molecule has 1 fully saturated rings. The summed E-state index contributed by atoms with van der Waals surface area (Å²) in [6.07, 6.45) is -4.46. The largest absolute Gasteiger partial charge is 0.498 e. The van der Waals surface area contributed by atoms with E-state index in [0.717, 1.165) is 17.7 Å². The van der Waals surface area contributed by atoms with Gasteiger partial charge in [-0.2, -0.15) is 13.2 Å². The maximum absolute atomic E-state index is 13.2. The molecule has 1 heterocycles. The highest BCUT2D eigenvalue weighted by Crippen LogP contribution is 2.38. The van der Waals surface area contributed by atoms with E-state index in [1.165, 1.54) is 6.07 Å². The first kappa shape index (κ1) is 29.2. The number of hydrogen-bond donors (Lipinski definition) is 2. The van der Waals surface area contributed by atoms with Gasteiger partial charge in [-0.05, 0) is 79.2 Å². The summed E-state index contributed by atoms with van der Waals surface area (Å²) in [6, 6.07) is 12.8. The van der Waals surface area contributed by atoms with Gasteiger partial charge >= 0.3 is 13.3 Å². The normalized spacial score (nSPS) is 17.6. The molecule has 0 atom stereocenters. The lowest BCUT2D eigenvalue weighted by Gasteiger charge is -2.32. The average molecular weight is 496 g/mol. The molecule has 0 aliphatic carbocycles. The highest BCUT2D eigenvalue weighted by molar-refractivity contribution is 6.63. The first-order valence-electron chi connectivity index (χ1n) is 11.4. The molecule has 194 valence electrons. The van der Waals surface area contributed by atoms with Gasteiger partial charge in [0.15, 0.2) is 0 Å². The van der Waals surface area contributed by atoms with Crippen molar-refractivity contribution in [3.05, 3.63) is 59.7 Å². The Morgan fingerprint density at radius 2 is 1.31 bits per heavy atom. The van der Waals surface area contributed by atoms with Crippen LogP contribution >= 0.6 is 0 Å². The number of rotatable bonds is 5. The number of hydrogen-bond acceptors (Lipinski definition) is 5. The molecule has 0 amide bonds. The van der Waals surface area contributed by atoms with Crippen LogP contribution in [-0.4, -0.2) is 39.7 Å². The monoisotopic (exact) mass is 496 g/mol. The molecule has 2 aromatic rings. The molecule has 0 spiro atoms. The lowest BCUT2D eigenvalue weighted by molar-refractivity contribution is -0.137. The Bertz CT molecular complexity index is 949. The molecule has 9 heteroatoms. The van der Waals surface area contributed by atoms with Gasteiger partial charge in [0, 0.05) is 5.46 Å². The van der Waals surface area contributed by atoms with Crippen LogP contribution in [0.1, 0.15) is 66.5 Å². The Morgan fingerprint density at radius 3 is 1.74 bits per heavy atom. The fourth-order valence-electron chi connectivity index (χ4n) is 2.75. The molecule has 0 radical (unpaired) electrons. The third-order valence-electron chi connectivity index (χ3n) is 6.58. The number of alkyl halides is 3. The van der Waals surface area contributed by atoms with Crippen molar-refractivity contribution in [3.63, 3.8) is 0 Å². The van der Waals surface area contributed by atoms with E-state index in [1.54, 1.807) is 27.7 Å². The van der Waals surface area contributed by atoms with Crippen molar-refractivity contribution in [2.45, 2.75) is 90.6 Å². The van der Waals surface area contributed by atoms with Crippen LogP contribution in [0, 0.1) is 0 Å². The molecule has 2 aromatic carbocycles. The van der Waals surface area contributed by atoms with E-state index in [2.05, 4.69) is 0 Å². The Kier molecular flexibility index (Phi) is 8.44. The van der Waals surface area contributed by atoms with Crippen molar-refractivity contribution in [2.24, 2.45) is 0 Å². The minimum absolute atomic E-state index is 0.235. The minimum Gasteiger partial charge on any atom is -0.489 e. The summed E-state index contributed by atoms with van der Waals surface area (Å²) in [5.41, 5.74) is -2.96. The molecule has 35 heavy (non-hydrogen) atoms. The first-order chi connectivity index (χ1) is 15.7. The Labute approximate surface area is 206 Å². The summed E-state index contributed by atoms with van der Waals surface area (Å²) in [6.45, 7) is 13.9. The molecule has 1 aliphatic heterocycles.